The lowest BCUT2D eigenvalue weighted by atomic mass is 10.2. The van der Waals surface area contributed by atoms with Gasteiger partial charge in [0.15, 0.2) is 11.6 Å². The number of carbonyl (C=O) groups excluding carboxylic acids is 2. The van der Waals surface area contributed by atoms with Crippen molar-refractivity contribution in [2.75, 3.05) is 39.2 Å². The van der Waals surface area contributed by atoms with Crippen molar-refractivity contribution >= 4 is 17.6 Å². The first-order valence-electron chi connectivity index (χ1n) is 6.95. The second-order valence-corrected chi connectivity index (χ2v) is 4.86. The van der Waals surface area contributed by atoms with Crippen LogP contribution in [0, 0.1) is 11.6 Å². The van der Waals surface area contributed by atoms with Crippen molar-refractivity contribution < 1.29 is 33.0 Å². The fourth-order valence-corrected chi connectivity index (χ4v) is 2.31. The van der Waals surface area contributed by atoms with E-state index in [1.165, 1.54) is 11.0 Å². The summed E-state index contributed by atoms with van der Waals surface area (Å²) in [7, 11) is 2.30. The maximum atomic E-state index is 13.8. The molecule has 1 heterocycles. The Labute approximate surface area is 136 Å². The van der Waals surface area contributed by atoms with Gasteiger partial charge in [-0.15, -0.1) is 0 Å². The van der Waals surface area contributed by atoms with Crippen molar-refractivity contribution in [3.05, 3.63) is 35.0 Å². The molecule has 1 aromatic rings. The third kappa shape index (κ3) is 3.16. The molecule has 0 spiro atoms. The Morgan fingerprint density at radius 2 is 2.08 bits per heavy atom. The van der Waals surface area contributed by atoms with E-state index in [0.29, 0.717) is 0 Å². The molecule has 0 aliphatic carbocycles. The number of hydrogen-bond donors (Lipinski definition) is 2. The lowest BCUT2D eigenvalue weighted by Gasteiger charge is -2.16. The molecule has 0 unspecified atom stereocenters. The van der Waals surface area contributed by atoms with Gasteiger partial charge in [0, 0.05) is 6.54 Å². The van der Waals surface area contributed by atoms with Crippen LogP contribution in [-0.4, -0.2) is 55.8 Å². The van der Waals surface area contributed by atoms with Crippen LogP contribution < -0.4 is 10.1 Å². The summed E-state index contributed by atoms with van der Waals surface area (Å²) in [5, 5.41) is 11.6. The summed E-state index contributed by atoms with van der Waals surface area (Å²) in [6, 6.07) is 2.05. The van der Waals surface area contributed by atoms with Crippen LogP contribution in [-0.2, 0) is 14.3 Å². The number of aliphatic hydroxyl groups excluding tert-OH is 1. The van der Waals surface area contributed by atoms with Crippen LogP contribution in [0.1, 0.15) is 0 Å². The molecule has 9 heteroatoms. The number of hydrogen-bond acceptors (Lipinski definition) is 6. The zero-order valence-electron chi connectivity index (χ0n) is 13.1. The lowest BCUT2D eigenvalue weighted by molar-refractivity contribution is -0.136. The molecule has 1 aromatic carbocycles. The number of ether oxygens (including phenoxy) is 2. The van der Waals surface area contributed by atoms with Gasteiger partial charge in [-0.3, -0.25) is 4.79 Å². The Hall–Kier alpha value is -2.68. The monoisotopic (exact) mass is 342 g/mol. The molecule has 0 saturated heterocycles. The highest BCUT2D eigenvalue weighted by atomic mass is 19.2. The molecule has 1 amide bonds. The summed E-state index contributed by atoms with van der Waals surface area (Å²) in [6.07, 6.45) is 0. The Bertz CT molecular complexity index is 705. The average Bonchev–Trinajstić information content (AvgIpc) is 2.87. The van der Waals surface area contributed by atoms with Crippen LogP contribution in [0.2, 0.25) is 0 Å². The van der Waals surface area contributed by atoms with Gasteiger partial charge in [0.05, 0.1) is 38.6 Å². The van der Waals surface area contributed by atoms with Crippen LogP contribution in [0.4, 0.5) is 14.5 Å². The number of β-amino-alcohol motifs (C(OH)–C–C–N with tert-alkyl or cyclic N) is 1. The summed E-state index contributed by atoms with van der Waals surface area (Å²) in [4.78, 5) is 25.4. The van der Waals surface area contributed by atoms with E-state index in [1.54, 1.807) is 0 Å². The molecule has 0 atom stereocenters. The third-order valence-electron chi connectivity index (χ3n) is 3.47. The number of benzene rings is 1. The Morgan fingerprint density at radius 3 is 2.67 bits per heavy atom. The predicted octanol–water partition coefficient (Wildman–Crippen LogP) is 0.647. The number of amides is 1. The van der Waals surface area contributed by atoms with Gasteiger partial charge >= 0.3 is 5.97 Å². The minimum Gasteiger partial charge on any atom is -0.491 e. The zero-order chi connectivity index (χ0) is 17.9. The predicted molar refractivity (Wildman–Crippen MR) is 79.2 cm³/mol. The number of methoxy groups -OCH3 is 2. The molecule has 0 fully saturated rings. The molecule has 0 aromatic heterocycles. The first kappa shape index (κ1) is 17.7. The van der Waals surface area contributed by atoms with Crippen molar-refractivity contribution in [1.29, 1.82) is 0 Å². The summed E-state index contributed by atoms with van der Waals surface area (Å²) in [5.74, 6) is -4.08. The van der Waals surface area contributed by atoms with Gasteiger partial charge in [-0.25, -0.2) is 9.18 Å². The molecular formula is C15H16F2N2O5. The number of nitrogens with zero attached hydrogens (tertiary/aromatic N) is 1. The molecule has 1 aliphatic rings. The van der Waals surface area contributed by atoms with Crippen LogP contribution in [0.15, 0.2) is 23.4 Å². The quantitative estimate of drug-likeness (QED) is 0.738. The molecule has 2 rings (SSSR count). The smallest absolute Gasteiger partial charge is 0.337 e. The van der Waals surface area contributed by atoms with Gasteiger partial charge in [0.1, 0.15) is 5.70 Å². The highest BCUT2D eigenvalue weighted by Gasteiger charge is 2.35. The van der Waals surface area contributed by atoms with E-state index in [0.717, 1.165) is 20.3 Å². The van der Waals surface area contributed by atoms with Gasteiger partial charge in [0.2, 0.25) is 5.82 Å². The second-order valence-electron chi connectivity index (χ2n) is 4.86. The SMILES string of the molecule is COC(=O)C1=C(Nc2ccc(F)c(F)c2OC)C(=O)N(CCO)C1. The van der Waals surface area contributed by atoms with Crippen molar-refractivity contribution in [1.82, 2.24) is 4.90 Å². The van der Waals surface area contributed by atoms with E-state index in [2.05, 4.69) is 10.1 Å². The van der Waals surface area contributed by atoms with E-state index < -0.39 is 29.3 Å². The van der Waals surface area contributed by atoms with E-state index in [9.17, 15) is 18.4 Å². The minimum atomic E-state index is -1.22. The first-order valence-corrected chi connectivity index (χ1v) is 6.95. The van der Waals surface area contributed by atoms with Crippen LogP contribution in [0.5, 0.6) is 5.75 Å². The zero-order valence-corrected chi connectivity index (χ0v) is 13.1. The molecule has 2 N–H and O–H groups in total. The number of esters is 1. The van der Waals surface area contributed by atoms with Crippen LogP contribution in [0.25, 0.3) is 0 Å². The number of nitrogens with one attached hydrogen (secondary N) is 1. The average molecular weight is 342 g/mol. The van der Waals surface area contributed by atoms with E-state index >= 15 is 0 Å². The van der Waals surface area contributed by atoms with Gasteiger partial charge < -0.3 is 24.8 Å². The molecule has 1 aliphatic heterocycles. The van der Waals surface area contributed by atoms with E-state index in [4.69, 9.17) is 9.84 Å². The number of aliphatic hydroxyl groups is 1. The van der Waals surface area contributed by atoms with Gasteiger partial charge in [-0.05, 0) is 12.1 Å². The number of halogens is 2. The third-order valence-corrected chi connectivity index (χ3v) is 3.47. The Kier molecular flexibility index (Phi) is 5.35. The maximum Gasteiger partial charge on any atom is 0.337 e. The Balaban J connectivity index is 2.43. The van der Waals surface area contributed by atoms with Crippen molar-refractivity contribution in [2.45, 2.75) is 0 Å². The second kappa shape index (κ2) is 7.26. The molecule has 0 bridgehead atoms. The van der Waals surface area contributed by atoms with Crippen molar-refractivity contribution in [3.8, 4) is 5.75 Å². The lowest BCUT2D eigenvalue weighted by Crippen LogP contribution is -2.31. The van der Waals surface area contributed by atoms with Gasteiger partial charge in [-0.1, -0.05) is 0 Å². The number of rotatable bonds is 6. The van der Waals surface area contributed by atoms with E-state index in [1.807, 2.05) is 0 Å². The number of carbonyl (C=O) groups is 2. The van der Waals surface area contributed by atoms with Gasteiger partial charge in [-0.2, -0.15) is 4.39 Å². The van der Waals surface area contributed by atoms with Gasteiger partial charge in [0.25, 0.3) is 5.91 Å². The summed E-state index contributed by atoms with van der Waals surface area (Å²) in [6.45, 7) is -0.345. The summed E-state index contributed by atoms with van der Waals surface area (Å²) >= 11 is 0. The molecule has 7 nitrogen and oxygen atoms in total. The highest BCUT2D eigenvalue weighted by molar-refractivity contribution is 6.08. The molecule has 0 radical (unpaired) electrons. The molecule has 0 saturated carbocycles. The first-order chi connectivity index (χ1) is 11.4. The highest BCUT2D eigenvalue weighted by Crippen LogP contribution is 2.32. The normalized spacial score (nSPS) is 14.2. The topological polar surface area (TPSA) is 88.1 Å². The molecular weight excluding hydrogens is 326 g/mol. The van der Waals surface area contributed by atoms with Crippen molar-refractivity contribution in [2.24, 2.45) is 0 Å². The Morgan fingerprint density at radius 1 is 1.38 bits per heavy atom. The molecule has 24 heavy (non-hydrogen) atoms. The largest absolute Gasteiger partial charge is 0.491 e. The fraction of sp³-hybridized carbons (Fsp3) is 0.333. The van der Waals surface area contributed by atoms with Crippen LogP contribution >= 0.6 is 0 Å². The standard InChI is InChI=1S/C15H16F2N2O5/c1-23-13-10(4-3-9(16)11(13)17)18-12-8(15(22)24-2)7-19(5-6-20)14(12)21/h3-4,18,20H,5-7H2,1-2H3. The molecule has 130 valence electrons. The maximum absolute atomic E-state index is 13.8. The minimum absolute atomic E-state index is 0.0133. The van der Waals surface area contributed by atoms with Crippen molar-refractivity contribution in [3.63, 3.8) is 0 Å². The van der Waals surface area contributed by atoms with Crippen LogP contribution in [0.3, 0.4) is 0 Å². The van der Waals surface area contributed by atoms with E-state index in [-0.39, 0.29) is 36.7 Å². The fourth-order valence-electron chi connectivity index (χ4n) is 2.31. The summed E-state index contributed by atoms with van der Waals surface area (Å²) < 4.78 is 36.5. The number of anilines is 1. The summed E-state index contributed by atoms with van der Waals surface area (Å²) in [5.41, 5.74) is -0.144.